The minimum Gasteiger partial charge on any atom is -0.348 e. The zero-order valence-corrected chi connectivity index (χ0v) is 10.5. The van der Waals surface area contributed by atoms with Crippen LogP contribution in [-0.4, -0.2) is 34.8 Å². The number of nitrogens with one attached hydrogen (secondary N) is 2. The topological polar surface area (TPSA) is 59.0 Å². The van der Waals surface area contributed by atoms with Crippen LogP contribution in [0, 0.1) is 0 Å². The van der Waals surface area contributed by atoms with Crippen LogP contribution in [0.2, 0.25) is 0 Å². The SMILES string of the molecule is CCc1cc(C(=O)NC2CCNCC2)n(C)n1. The maximum absolute atomic E-state index is 12.1. The summed E-state index contributed by atoms with van der Waals surface area (Å²) in [6.07, 6.45) is 2.86. The maximum Gasteiger partial charge on any atom is 0.269 e. The highest BCUT2D eigenvalue weighted by atomic mass is 16.2. The van der Waals surface area contributed by atoms with Crippen LogP contribution in [0.1, 0.15) is 35.9 Å². The van der Waals surface area contributed by atoms with Gasteiger partial charge in [0.15, 0.2) is 0 Å². The van der Waals surface area contributed by atoms with Crippen molar-refractivity contribution in [2.45, 2.75) is 32.2 Å². The zero-order valence-electron chi connectivity index (χ0n) is 10.5. The highest BCUT2D eigenvalue weighted by Crippen LogP contribution is 2.07. The number of aryl methyl sites for hydroxylation is 2. The van der Waals surface area contributed by atoms with E-state index in [1.54, 1.807) is 4.68 Å². The second-order valence-corrected chi connectivity index (χ2v) is 4.50. The Bertz CT molecular complexity index is 393. The standard InChI is InChI=1S/C12H20N4O/c1-3-9-8-11(16(2)15-9)12(17)14-10-4-6-13-7-5-10/h8,10,13H,3-7H2,1-2H3,(H,14,17). The summed E-state index contributed by atoms with van der Waals surface area (Å²) in [6, 6.07) is 2.17. The van der Waals surface area contributed by atoms with Gasteiger partial charge < -0.3 is 10.6 Å². The largest absolute Gasteiger partial charge is 0.348 e. The van der Waals surface area contributed by atoms with E-state index in [4.69, 9.17) is 0 Å². The molecule has 1 aliphatic heterocycles. The molecule has 0 saturated carbocycles. The Balaban J connectivity index is 2.00. The number of amides is 1. The van der Waals surface area contributed by atoms with Gasteiger partial charge in [0.1, 0.15) is 5.69 Å². The van der Waals surface area contributed by atoms with Crippen molar-refractivity contribution in [3.05, 3.63) is 17.5 Å². The predicted molar refractivity (Wildman–Crippen MR) is 65.9 cm³/mol. The van der Waals surface area contributed by atoms with Gasteiger partial charge in [0.2, 0.25) is 0 Å². The lowest BCUT2D eigenvalue weighted by Crippen LogP contribution is -2.43. The fraction of sp³-hybridized carbons (Fsp3) is 0.667. The molecule has 2 rings (SSSR count). The lowest BCUT2D eigenvalue weighted by molar-refractivity contribution is 0.0920. The van der Waals surface area contributed by atoms with Gasteiger partial charge in [-0.3, -0.25) is 9.48 Å². The van der Waals surface area contributed by atoms with Gasteiger partial charge in [-0.05, 0) is 38.4 Å². The van der Waals surface area contributed by atoms with E-state index >= 15 is 0 Å². The van der Waals surface area contributed by atoms with Gasteiger partial charge >= 0.3 is 0 Å². The van der Waals surface area contributed by atoms with Crippen LogP contribution >= 0.6 is 0 Å². The van der Waals surface area contributed by atoms with Crippen molar-refractivity contribution in [3.63, 3.8) is 0 Å². The van der Waals surface area contributed by atoms with E-state index in [2.05, 4.69) is 15.7 Å². The quantitative estimate of drug-likeness (QED) is 0.802. The van der Waals surface area contributed by atoms with Gasteiger partial charge in [0.25, 0.3) is 5.91 Å². The smallest absolute Gasteiger partial charge is 0.269 e. The predicted octanol–water partition coefficient (Wildman–Crippen LogP) is 0.464. The van der Waals surface area contributed by atoms with Gasteiger partial charge in [-0.25, -0.2) is 0 Å². The number of hydrogen-bond donors (Lipinski definition) is 2. The summed E-state index contributed by atoms with van der Waals surface area (Å²) in [5.41, 5.74) is 1.61. The molecular formula is C12H20N4O. The van der Waals surface area contributed by atoms with Crippen LogP contribution in [0.3, 0.4) is 0 Å². The van der Waals surface area contributed by atoms with Gasteiger partial charge in [-0.1, -0.05) is 6.92 Å². The number of carbonyl (C=O) groups excluding carboxylic acids is 1. The Kier molecular flexibility index (Phi) is 3.78. The molecule has 1 amide bonds. The zero-order chi connectivity index (χ0) is 12.3. The first-order valence-electron chi connectivity index (χ1n) is 6.25. The van der Waals surface area contributed by atoms with E-state index in [1.165, 1.54) is 0 Å². The Morgan fingerprint density at radius 3 is 2.88 bits per heavy atom. The second-order valence-electron chi connectivity index (χ2n) is 4.50. The summed E-state index contributed by atoms with van der Waals surface area (Å²) in [4.78, 5) is 12.1. The Morgan fingerprint density at radius 1 is 1.59 bits per heavy atom. The highest BCUT2D eigenvalue weighted by Gasteiger charge is 2.18. The van der Waals surface area contributed by atoms with Crippen molar-refractivity contribution in [1.29, 1.82) is 0 Å². The molecule has 94 valence electrons. The molecule has 1 fully saturated rings. The lowest BCUT2D eigenvalue weighted by Gasteiger charge is -2.23. The van der Waals surface area contributed by atoms with E-state index in [0.29, 0.717) is 11.7 Å². The monoisotopic (exact) mass is 236 g/mol. The Labute approximate surface area is 102 Å². The summed E-state index contributed by atoms with van der Waals surface area (Å²) in [7, 11) is 1.82. The molecule has 17 heavy (non-hydrogen) atoms. The first-order valence-corrected chi connectivity index (χ1v) is 6.25. The van der Waals surface area contributed by atoms with Crippen LogP contribution in [0.15, 0.2) is 6.07 Å². The van der Waals surface area contributed by atoms with Crippen LogP contribution in [0.4, 0.5) is 0 Å². The van der Waals surface area contributed by atoms with Crippen molar-refractivity contribution in [2.75, 3.05) is 13.1 Å². The van der Waals surface area contributed by atoms with E-state index in [-0.39, 0.29) is 5.91 Å². The Hall–Kier alpha value is -1.36. The third-order valence-electron chi connectivity index (χ3n) is 3.20. The molecule has 2 N–H and O–H groups in total. The average molecular weight is 236 g/mol. The normalized spacial score (nSPS) is 17.1. The molecule has 0 radical (unpaired) electrons. The molecule has 1 aromatic heterocycles. The summed E-state index contributed by atoms with van der Waals surface area (Å²) < 4.78 is 1.66. The number of nitrogens with zero attached hydrogens (tertiary/aromatic N) is 2. The molecule has 1 aromatic rings. The van der Waals surface area contributed by atoms with Crippen molar-refractivity contribution in [1.82, 2.24) is 20.4 Å². The molecular weight excluding hydrogens is 216 g/mol. The van der Waals surface area contributed by atoms with E-state index < -0.39 is 0 Å². The van der Waals surface area contributed by atoms with Crippen molar-refractivity contribution >= 4 is 5.91 Å². The minimum absolute atomic E-state index is 0.00778. The molecule has 5 heteroatoms. The van der Waals surface area contributed by atoms with Gasteiger partial charge in [0.05, 0.1) is 5.69 Å². The lowest BCUT2D eigenvalue weighted by atomic mass is 10.1. The highest BCUT2D eigenvalue weighted by molar-refractivity contribution is 5.92. The molecule has 5 nitrogen and oxygen atoms in total. The summed E-state index contributed by atoms with van der Waals surface area (Å²) in [5, 5.41) is 10.6. The molecule has 1 saturated heterocycles. The molecule has 2 heterocycles. The second kappa shape index (κ2) is 5.31. The number of aromatic nitrogens is 2. The maximum atomic E-state index is 12.1. The summed E-state index contributed by atoms with van der Waals surface area (Å²) in [6.45, 7) is 4.00. The summed E-state index contributed by atoms with van der Waals surface area (Å²) >= 11 is 0. The third kappa shape index (κ3) is 2.85. The van der Waals surface area contributed by atoms with E-state index in [9.17, 15) is 4.79 Å². The molecule has 0 unspecified atom stereocenters. The number of carbonyl (C=O) groups is 1. The van der Waals surface area contributed by atoms with E-state index in [1.807, 2.05) is 20.0 Å². The number of piperidine rings is 1. The molecule has 0 aliphatic carbocycles. The first-order chi connectivity index (χ1) is 8.20. The molecule has 0 aromatic carbocycles. The average Bonchev–Trinajstić information content (AvgIpc) is 2.72. The van der Waals surface area contributed by atoms with Crippen LogP contribution in [0.25, 0.3) is 0 Å². The molecule has 0 spiro atoms. The van der Waals surface area contributed by atoms with Crippen LogP contribution in [0.5, 0.6) is 0 Å². The molecule has 0 bridgehead atoms. The number of rotatable bonds is 3. The van der Waals surface area contributed by atoms with Crippen molar-refractivity contribution < 1.29 is 4.79 Å². The van der Waals surface area contributed by atoms with Crippen molar-refractivity contribution in [3.8, 4) is 0 Å². The van der Waals surface area contributed by atoms with Gasteiger partial charge in [0, 0.05) is 13.1 Å². The van der Waals surface area contributed by atoms with Gasteiger partial charge in [-0.15, -0.1) is 0 Å². The van der Waals surface area contributed by atoms with Crippen molar-refractivity contribution in [2.24, 2.45) is 7.05 Å². The third-order valence-corrected chi connectivity index (χ3v) is 3.20. The Morgan fingerprint density at radius 2 is 2.29 bits per heavy atom. The van der Waals surface area contributed by atoms with Gasteiger partial charge in [-0.2, -0.15) is 5.10 Å². The van der Waals surface area contributed by atoms with Crippen LogP contribution in [-0.2, 0) is 13.5 Å². The minimum atomic E-state index is -0.00778. The first kappa shape index (κ1) is 12.1. The summed E-state index contributed by atoms with van der Waals surface area (Å²) in [5.74, 6) is -0.00778. The molecule has 1 aliphatic rings. The van der Waals surface area contributed by atoms with Crippen LogP contribution < -0.4 is 10.6 Å². The number of hydrogen-bond acceptors (Lipinski definition) is 3. The van der Waals surface area contributed by atoms with E-state index in [0.717, 1.165) is 38.0 Å². The fourth-order valence-corrected chi connectivity index (χ4v) is 2.14. The fourth-order valence-electron chi connectivity index (χ4n) is 2.14. The molecule has 0 atom stereocenters.